The fourth-order valence-corrected chi connectivity index (χ4v) is 3.10. The van der Waals surface area contributed by atoms with Crippen molar-refractivity contribution >= 4 is 5.91 Å². The molecule has 2 aromatic heterocycles. The monoisotopic (exact) mass is 385 g/mol. The summed E-state index contributed by atoms with van der Waals surface area (Å²) in [4.78, 5) is 13.2. The normalized spacial score (nSPS) is 13.5. The molecule has 2 heterocycles. The van der Waals surface area contributed by atoms with Crippen molar-refractivity contribution in [2.75, 3.05) is 0 Å². The summed E-state index contributed by atoms with van der Waals surface area (Å²) in [6.45, 7) is 5.83. The standard InChI is InChI=1S/C21H24FN3O3/c1-13(2)11-19(21-25-24-14(3)28-21)23-20(26)18(12-17-5-4-10-27-17)15-6-8-16(22)9-7-15/h4-10,13,18-19H,11-12H2,1-3H3,(H,23,26). The van der Waals surface area contributed by atoms with Crippen LogP contribution in [0.1, 0.15) is 55.3 Å². The lowest BCUT2D eigenvalue weighted by Gasteiger charge is -2.22. The molecule has 3 rings (SSSR count). The van der Waals surface area contributed by atoms with Crippen LogP contribution in [0, 0.1) is 18.7 Å². The van der Waals surface area contributed by atoms with Gasteiger partial charge in [0.15, 0.2) is 0 Å². The van der Waals surface area contributed by atoms with Crippen molar-refractivity contribution in [3.8, 4) is 0 Å². The van der Waals surface area contributed by atoms with Gasteiger partial charge in [-0.05, 0) is 42.2 Å². The SMILES string of the molecule is Cc1nnc(C(CC(C)C)NC(=O)C(Cc2ccco2)c2ccc(F)cc2)o1. The maximum absolute atomic E-state index is 13.4. The third-order valence-corrected chi connectivity index (χ3v) is 4.44. The van der Waals surface area contributed by atoms with E-state index in [-0.39, 0.29) is 11.7 Å². The summed E-state index contributed by atoms with van der Waals surface area (Å²) < 4.78 is 24.3. The number of benzene rings is 1. The molecule has 2 atom stereocenters. The Morgan fingerprint density at radius 1 is 1.18 bits per heavy atom. The van der Waals surface area contributed by atoms with E-state index in [2.05, 4.69) is 29.4 Å². The van der Waals surface area contributed by atoms with E-state index in [0.29, 0.717) is 41.9 Å². The van der Waals surface area contributed by atoms with E-state index in [1.165, 1.54) is 12.1 Å². The van der Waals surface area contributed by atoms with E-state index in [4.69, 9.17) is 8.83 Å². The molecule has 0 fully saturated rings. The molecule has 0 saturated carbocycles. The molecular formula is C21H24FN3O3. The van der Waals surface area contributed by atoms with Crippen molar-refractivity contribution < 1.29 is 18.0 Å². The largest absolute Gasteiger partial charge is 0.469 e. The van der Waals surface area contributed by atoms with Crippen LogP contribution in [0.3, 0.4) is 0 Å². The van der Waals surface area contributed by atoms with Gasteiger partial charge in [-0.3, -0.25) is 4.79 Å². The van der Waals surface area contributed by atoms with E-state index in [1.54, 1.807) is 31.4 Å². The molecule has 0 aliphatic heterocycles. The van der Waals surface area contributed by atoms with Crippen LogP contribution in [0.4, 0.5) is 4.39 Å². The van der Waals surface area contributed by atoms with Crippen LogP contribution in [0.15, 0.2) is 51.5 Å². The summed E-state index contributed by atoms with van der Waals surface area (Å²) >= 11 is 0. The first-order valence-electron chi connectivity index (χ1n) is 9.30. The van der Waals surface area contributed by atoms with E-state index < -0.39 is 12.0 Å². The van der Waals surface area contributed by atoms with Crippen LogP contribution in [0.5, 0.6) is 0 Å². The Kier molecular flexibility index (Phi) is 6.23. The minimum atomic E-state index is -0.537. The van der Waals surface area contributed by atoms with Crippen molar-refractivity contribution in [3.63, 3.8) is 0 Å². The highest BCUT2D eigenvalue weighted by Crippen LogP contribution is 2.26. The van der Waals surface area contributed by atoms with E-state index in [0.717, 1.165) is 0 Å². The summed E-state index contributed by atoms with van der Waals surface area (Å²) in [6.07, 6.45) is 2.59. The molecular weight excluding hydrogens is 361 g/mol. The maximum Gasteiger partial charge on any atom is 0.238 e. The summed E-state index contributed by atoms with van der Waals surface area (Å²) in [5.74, 6) is 0.735. The van der Waals surface area contributed by atoms with Gasteiger partial charge in [0, 0.05) is 13.3 Å². The number of aromatic nitrogens is 2. The predicted octanol–water partition coefficient (Wildman–Crippen LogP) is 4.34. The third-order valence-electron chi connectivity index (χ3n) is 4.44. The lowest BCUT2D eigenvalue weighted by atomic mass is 9.92. The maximum atomic E-state index is 13.4. The van der Waals surface area contributed by atoms with Gasteiger partial charge in [-0.1, -0.05) is 26.0 Å². The number of furan rings is 1. The molecule has 1 amide bonds. The number of nitrogens with one attached hydrogen (secondary N) is 1. The molecule has 0 aliphatic rings. The second-order valence-electron chi connectivity index (χ2n) is 7.24. The third kappa shape index (κ3) is 5.06. The van der Waals surface area contributed by atoms with Gasteiger partial charge in [-0.2, -0.15) is 0 Å². The zero-order valence-corrected chi connectivity index (χ0v) is 16.2. The number of hydrogen-bond acceptors (Lipinski definition) is 5. The number of amides is 1. The molecule has 0 bridgehead atoms. The summed E-state index contributed by atoms with van der Waals surface area (Å²) in [6, 6.07) is 9.14. The number of aryl methyl sites for hydroxylation is 1. The second kappa shape index (κ2) is 8.82. The number of rotatable bonds is 8. The van der Waals surface area contributed by atoms with Gasteiger partial charge in [0.05, 0.1) is 12.2 Å². The first-order valence-corrected chi connectivity index (χ1v) is 9.30. The number of carbonyl (C=O) groups is 1. The lowest BCUT2D eigenvalue weighted by molar-refractivity contribution is -0.123. The van der Waals surface area contributed by atoms with Gasteiger partial charge < -0.3 is 14.2 Å². The van der Waals surface area contributed by atoms with Crippen LogP contribution in [-0.2, 0) is 11.2 Å². The minimum Gasteiger partial charge on any atom is -0.469 e. The molecule has 0 aliphatic carbocycles. The van der Waals surface area contributed by atoms with Gasteiger partial charge in [0.25, 0.3) is 0 Å². The molecule has 28 heavy (non-hydrogen) atoms. The Hall–Kier alpha value is -2.96. The van der Waals surface area contributed by atoms with Crippen molar-refractivity contribution in [2.24, 2.45) is 5.92 Å². The van der Waals surface area contributed by atoms with Crippen molar-refractivity contribution in [3.05, 3.63) is 71.6 Å². The van der Waals surface area contributed by atoms with Gasteiger partial charge in [-0.25, -0.2) is 4.39 Å². The zero-order valence-electron chi connectivity index (χ0n) is 16.2. The molecule has 148 valence electrons. The van der Waals surface area contributed by atoms with Crippen molar-refractivity contribution in [2.45, 2.75) is 45.6 Å². The number of hydrogen-bond donors (Lipinski definition) is 1. The lowest BCUT2D eigenvalue weighted by Crippen LogP contribution is -2.34. The van der Waals surface area contributed by atoms with Crippen LogP contribution >= 0.6 is 0 Å². The summed E-state index contributed by atoms with van der Waals surface area (Å²) in [7, 11) is 0. The quantitative estimate of drug-likeness (QED) is 0.624. The van der Waals surface area contributed by atoms with Gasteiger partial charge in [-0.15, -0.1) is 10.2 Å². The Morgan fingerprint density at radius 3 is 2.50 bits per heavy atom. The average molecular weight is 385 g/mol. The van der Waals surface area contributed by atoms with Gasteiger partial charge in [0.1, 0.15) is 17.6 Å². The van der Waals surface area contributed by atoms with Gasteiger partial charge in [0.2, 0.25) is 17.7 Å². The Morgan fingerprint density at radius 2 is 1.93 bits per heavy atom. The number of halogens is 1. The van der Waals surface area contributed by atoms with Gasteiger partial charge >= 0.3 is 0 Å². The molecule has 2 unspecified atom stereocenters. The second-order valence-corrected chi connectivity index (χ2v) is 7.24. The predicted molar refractivity (Wildman–Crippen MR) is 101 cm³/mol. The molecule has 1 aromatic carbocycles. The van der Waals surface area contributed by atoms with Crippen LogP contribution in [0.2, 0.25) is 0 Å². The molecule has 0 spiro atoms. The summed E-state index contributed by atoms with van der Waals surface area (Å²) in [5.41, 5.74) is 0.709. The fraction of sp³-hybridized carbons (Fsp3) is 0.381. The molecule has 0 radical (unpaired) electrons. The smallest absolute Gasteiger partial charge is 0.238 e. The zero-order chi connectivity index (χ0) is 20.1. The van der Waals surface area contributed by atoms with Crippen molar-refractivity contribution in [1.29, 1.82) is 0 Å². The Bertz CT molecular complexity index is 888. The average Bonchev–Trinajstić information content (AvgIpc) is 3.31. The first kappa shape index (κ1) is 19.8. The van der Waals surface area contributed by atoms with Crippen molar-refractivity contribution in [1.82, 2.24) is 15.5 Å². The minimum absolute atomic E-state index is 0.204. The number of nitrogens with zero attached hydrogens (tertiary/aromatic N) is 2. The summed E-state index contributed by atoms with van der Waals surface area (Å²) in [5, 5.41) is 11.0. The molecule has 6 nitrogen and oxygen atoms in total. The Balaban J connectivity index is 1.85. The highest BCUT2D eigenvalue weighted by molar-refractivity contribution is 5.84. The first-order chi connectivity index (χ1) is 13.4. The van der Waals surface area contributed by atoms with E-state index in [1.807, 2.05) is 6.07 Å². The van der Waals surface area contributed by atoms with Crippen LogP contribution < -0.4 is 5.32 Å². The highest BCUT2D eigenvalue weighted by atomic mass is 19.1. The van der Waals surface area contributed by atoms with Crippen LogP contribution in [-0.4, -0.2) is 16.1 Å². The topological polar surface area (TPSA) is 81.2 Å². The highest BCUT2D eigenvalue weighted by Gasteiger charge is 2.28. The van der Waals surface area contributed by atoms with Crippen LogP contribution in [0.25, 0.3) is 0 Å². The fourth-order valence-electron chi connectivity index (χ4n) is 3.10. The van der Waals surface area contributed by atoms with E-state index in [9.17, 15) is 9.18 Å². The van der Waals surface area contributed by atoms with E-state index >= 15 is 0 Å². The molecule has 0 saturated heterocycles. The number of carbonyl (C=O) groups excluding carboxylic acids is 1. The molecule has 1 N–H and O–H groups in total. The Labute approximate surface area is 163 Å². The molecule has 7 heteroatoms. The molecule has 3 aromatic rings.